The molecule has 0 spiro atoms. The number of nitrogens with zero attached hydrogens (tertiary/aromatic N) is 1. The lowest BCUT2D eigenvalue weighted by Crippen LogP contribution is -2.47. The van der Waals surface area contributed by atoms with Gasteiger partial charge in [0.15, 0.2) is 23.4 Å². The Balaban J connectivity index is 2.09. The Hall–Kier alpha value is -2.95. The molecular formula is C20H19F5N2O4. The molecule has 1 N–H and O–H groups in total. The number of hydrogen-bond acceptors (Lipinski definition) is 4. The lowest BCUT2D eigenvalue weighted by Gasteiger charge is -2.32. The number of pyridine rings is 1. The molecule has 1 aromatic carbocycles. The van der Waals surface area contributed by atoms with Crippen LogP contribution in [0.4, 0.5) is 27.6 Å². The van der Waals surface area contributed by atoms with Gasteiger partial charge in [0.05, 0.1) is 7.11 Å². The number of hydrogen-bond donors (Lipinski definition) is 1. The molecule has 1 fully saturated rings. The predicted molar refractivity (Wildman–Crippen MR) is 98.2 cm³/mol. The Morgan fingerprint density at radius 3 is 2.55 bits per heavy atom. The summed E-state index contributed by atoms with van der Waals surface area (Å²) in [4.78, 5) is 12.9. The Morgan fingerprint density at radius 2 is 1.97 bits per heavy atom. The van der Waals surface area contributed by atoms with E-state index in [4.69, 9.17) is 9.47 Å². The van der Waals surface area contributed by atoms with E-state index in [-0.39, 0.29) is 11.3 Å². The van der Waals surface area contributed by atoms with Crippen molar-refractivity contribution in [3.05, 3.63) is 59.1 Å². The van der Waals surface area contributed by atoms with Crippen molar-refractivity contribution in [2.75, 3.05) is 12.4 Å². The fourth-order valence-corrected chi connectivity index (χ4v) is 3.78. The molecule has 1 saturated heterocycles. The van der Waals surface area contributed by atoms with E-state index in [1.807, 2.05) is 0 Å². The minimum absolute atomic E-state index is 0.0235. The number of alkyl halides is 3. The first-order chi connectivity index (χ1) is 14.4. The molecule has 0 bridgehead atoms. The highest BCUT2D eigenvalue weighted by Gasteiger charge is 2.65. The van der Waals surface area contributed by atoms with Crippen LogP contribution in [0.1, 0.15) is 25.3 Å². The molecule has 1 aliphatic heterocycles. The second-order valence-corrected chi connectivity index (χ2v) is 7.38. The first-order valence-electron chi connectivity index (χ1n) is 9.16. The molecule has 2 heterocycles. The first kappa shape index (κ1) is 22.7. The molecule has 11 heteroatoms. The standard InChI is InChI=1S/C20H19F5N2O4/c1-10-14(12-6-7-13(21)15(22)16(12)30-3)17(31-19(10,2)20(23,24)25)18(28)26-11-5-4-8-27(29)9-11/h4-10,14,17H,1-3H3,(H,26,28)/t10-,14-,17+,19+/m0/s1. The molecule has 1 amide bonds. The van der Waals surface area contributed by atoms with Crippen LogP contribution in [0.15, 0.2) is 36.7 Å². The molecule has 2 aromatic rings. The number of ether oxygens (including phenoxy) is 2. The zero-order valence-corrected chi connectivity index (χ0v) is 16.7. The van der Waals surface area contributed by atoms with Crippen LogP contribution < -0.4 is 14.8 Å². The largest absolute Gasteiger partial charge is 0.619 e. The van der Waals surface area contributed by atoms with Crippen LogP contribution in [0.2, 0.25) is 0 Å². The zero-order chi connectivity index (χ0) is 23.1. The normalized spacial score (nSPS) is 26.0. The highest BCUT2D eigenvalue weighted by atomic mass is 19.4. The van der Waals surface area contributed by atoms with Crippen LogP contribution in [0.5, 0.6) is 5.75 Å². The molecule has 1 aromatic heterocycles. The highest BCUT2D eigenvalue weighted by Crippen LogP contribution is 2.54. The minimum atomic E-state index is -4.86. The smallest absolute Gasteiger partial charge is 0.417 e. The SMILES string of the molecule is COc1c([C@H]2[C@H](C(=O)Nc3ccc[n+]([O-])c3)O[C@@](C)(C(F)(F)F)[C@H]2C)ccc(F)c1F. The van der Waals surface area contributed by atoms with Gasteiger partial charge in [0, 0.05) is 23.5 Å². The molecule has 0 radical (unpaired) electrons. The molecule has 31 heavy (non-hydrogen) atoms. The monoisotopic (exact) mass is 446 g/mol. The quantitative estimate of drug-likeness (QED) is 0.442. The van der Waals surface area contributed by atoms with Crippen molar-refractivity contribution in [1.29, 1.82) is 0 Å². The van der Waals surface area contributed by atoms with Gasteiger partial charge in [-0.15, -0.1) is 0 Å². The summed E-state index contributed by atoms with van der Waals surface area (Å²) in [6.07, 6.45) is -4.44. The second kappa shape index (κ2) is 7.95. The zero-order valence-electron chi connectivity index (χ0n) is 16.7. The summed E-state index contributed by atoms with van der Waals surface area (Å²) in [5.74, 6) is -6.94. The number of carbonyl (C=O) groups is 1. The summed E-state index contributed by atoms with van der Waals surface area (Å²) < 4.78 is 80.1. The topological polar surface area (TPSA) is 74.5 Å². The van der Waals surface area contributed by atoms with E-state index >= 15 is 0 Å². The number of nitrogens with one attached hydrogen (secondary N) is 1. The number of anilines is 1. The molecule has 1 aliphatic rings. The van der Waals surface area contributed by atoms with Gasteiger partial charge in [0.1, 0.15) is 11.8 Å². The fourth-order valence-electron chi connectivity index (χ4n) is 3.78. The van der Waals surface area contributed by atoms with Gasteiger partial charge in [-0.05, 0) is 19.1 Å². The molecular weight excluding hydrogens is 427 g/mol. The summed E-state index contributed by atoms with van der Waals surface area (Å²) in [5.41, 5.74) is -2.88. The number of halogens is 5. The van der Waals surface area contributed by atoms with Crippen molar-refractivity contribution >= 4 is 11.6 Å². The maximum Gasteiger partial charge on any atom is 0.417 e. The van der Waals surface area contributed by atoms with E-state index in [2.05, 4.69) is 5.32 Å². The highest BCUT2D eigenvalue weighted by molar-refractivity contribution is 5.95. The molecule has 0 saturated carbocycles. The molecule has 0 unspecified atom stereocenters. The Morgan fingerprint density at radius 1 is 1.29 bits per heavy atom. The van der Waals surface area contributed by atoms with Gasteiger partial charge in [-0.3, -0.25) is 4.79 Å². The van der Waals surface area contributed by atoms with Crippen molar-refractivity contribution in [3.8, 4) is 5.75 Å². The lowest BCUT2D eigenvalue weighted by molar-refractivity contribution is -0.604. The van der Waals surface area contributed by atoms with Crippen molar-refractivity contribution in [3.63, 3.8) is 0 Å². The third kappa shape index (κ3) is 3.89. The van der Waals surface area contributed by atoms with Gasteiger partial charge < -0.3 is 20.0 Å². The average Bonchev–Trinajstić information content (AvgIpc) is 2.96. The van der Waals surface area contributed by atoms with Gasteiger partial charge in [-0.2, -0.15) is 22.3 Å². The van der Waals surface area contributed by atoms with Crippen LogP contribution in [-0.4, -0.2) is 30.9 Å². The van der Waals surface area contributed by atoms with E-state index in [0.29, 0.717) is 4.73 Å². The Bertz CT molecular complexity index is 1000. The van der Waals surface area contributed by atoms with E-state index in [0.717, 1.165) is 38.6 Å². The minimum Gasteiger partial charge on any atom is -0.619 e. The summed E-state index contributed by atoms with van der Waals surface area (Å²) in [7, 11) is 1.04. The lowest BCUT2D eigenvalue weighted by atomic mass is 9.77. The number of carbonyl (C=O) groups excluding carboxylic acids is 1. The van der Waals surface area contributed by atoms with Gasteiger partial charge in [-0.1, -0.05) is 13.0 Å². The third-order valence-corrected chi connectivity index (χ3v) is 5.61. The van der Waals surface area contributed by atoms with E-state index < -0.39 is 53.0 Å². The van der Waals surface area contributed by atoms with Gasteiger partial charge in [-0.25, -0.2) is 4.39 Å². The summed E-state index contributed by atoms with van der Waals surface area (Å²) in [5, 5.41) is 13.7. The Labute approximate surface area is 174 Å². The molecule has 6 nitrogen and oxygen atoms in total. The number of aromatic nitrogens is 1. The van der Waals surface area contributed by atoms with E-state index in [1.54, 1.807) is 0 Å². The fraction of sp³-hybridized carbons (Fsp3) is 0.400. The van der Waals surface area contributed by atoms with Crippen LogP contribution in [0.3, 0.4) is 0 Å². The van der Waals surface area contributed by atoms with Crippen molar-refractivity contribution < 1.29 is 41.0 Å². The van der Waals surface area contributed by atoms with Gasteiger partial charge in [0.25, 0.3) is 5.91 Å². The molecule has 0 aliphatic carbocycles. The van der Waals surface area contributed by atoms with E-state index in [1.165, 1.54) is 19.1 Å². The average molecular weight is 446 g/mol. The number of amides is 1. The first-order valence-corrected chi connectivity index (χ1v) is 9.16. The van der Waals surface area contributed by atoms with Crippen LogP contribution in [-0.2, 0) is 9.53 Å². The Kier molecular flexibility index (Phi) is 5.83. The third-order valence-electron chi connectivity index (χ3n) is 5.61. The summed E-state index contributed by atoms with van der Waals surface area (Å²) in [6.45, 7) is 2.00. The molecule has 4 atom stereocenters. The second-order valence-electron chi connectivity index (χ2n) is 7.38. The van der Waals surface area contributed by atoms with Crippen LogP contribution in [0.25, 0.3) is 0 Å². The van der Waals surface area contributed by atoms with Crippen molar-refractivity contribution in [2.24, 2.45) is 5.92 Å². The predicted octanol–water partition coefficient (Wildman–Crippen LogP) is 3.69. The summed E-state index contributed by atoms with van der Waals surface area (Å²) in [6, 6.07) is 4.51. The van der Waals surface area contributed by atoms with Crippen LogP contribution >= 0.6 is 0 Å². The van der Waals surface area contributed by atoms with Gasteiger partial charge in [0.2, 0.25) is 12.0 Å². The maximum absolute atomic E-state index is 14.3. The number of rotatable bonds is 4. The van der Waals surface area contributed by atoms with E-state index in [9.17, 15) is 32.0 Å². The van der Waals surface area contributed by atoms with Crippen molar-refractivity contribution in [2.45, 2.75) is 37.6 Å². The van der Waals surface area contributed by atoms with Crippen LogP contribution in [0, 0.1) is 22.8 Å². The summed E-state index contributed by atoms with van der Waals surface area (Å²) >= 11 is 0. The number of methoxy groups -OCH3 is 1. The molecule has 168 valence electrons. The van der Waals surface area contributed by atoms with Crippen molar-refractivity contribution in [1.82, 2.24) is 0 Å². The number of benzene rings is 1. The molecule has 3 rings (SSSR count). The maximum atomic E-state index is 14.3. The van der Waals surface area contributed by atoms with Gasteiger partial charge >= 0.3 is 6.18 Å².